The number of aromatic nitrogens is 1. The summed E-state index contributed by atoms with van der Waals surface area (Å²) >= 11 is 0.701. The van der Waals surface area contributed by atoms with Crippen LogP contribution in [0, 0.1) is 0 Å². The topological polar surface area (TPSA) is 163 Å². The minimum absolute atomic E-state index is 0.0724. The minimum atomic E-state index is -1.27. The third-order valence-electron chi connectivity index (χ3n) is 4.84. The number of nitrogens with two attached hydrogens (primary N) is 2. The molecule has 186 valence electrons. The molecule has 0 saturated heterocycles. The van der Waals surface area contributed by atoms with Gasteiger partial charge >= 0.3 is 0 Å². The second-order valence-corrected chi connectivity index (χ2v) is 9.28. The Morgan fingerprint density at radius 3 is 2.40 bits per heavy atom. The third-order valence-corrected chi connectivity index (χ3v) is 5.69. The summed E-state index contributed by atoms with van der Waals surface area (Å²) in [6.45, 7) is 5.43. The lowest BCUT2D eigenvalue weighted by Crippen LogP contribution is -2.49. The molecule has 2 aromatic heterocycles. The van der Waals surface area contributed by atoms with Crippen molar-refractivity contribution in [2.45, 2.75) is 32.4 Å². The van der Waals surface area contributed by atoms with Gasteiger partial charge in [0.15, 0.2) is 11.7 Å². The summed E-state index contributed by atoms with van der Waals surface area (Å²) in [6.07, 6.45) is 1.40. The van der Waals surface area contributed by atoms with Gasteiger partial charge in [-0.15, -0.1) is 0 Å². The van der Waals surface area contributed by atoms with Crippen molar-refractivity contribution in [2.75, 3.05) is 24.9 Å². The van der Waals surface area contributed by atoms with E-state index >= 15 is 0 Å². The zero-order valence-electron chi connectivity index (χ0n) is 19.9. The highest BCUT2D eigenvalue weighted by molar-refractivity contribution is 7.09. The number of benzene rings is 1. The van der Waals surface area contributed by atoms with Gasteiger partial charge in [0.25, 0.3) is 17.7 Å². The maximum Gasteiger partial charge on any atom is 0.273 e. The molecule has 2 heterocycles. The molecule has 3 amide bonds. The Hall–Kier alpha value is -4.06. The number of carbonyl (C=O) groups is 3. The van der Waals surface area contributed by atoms with E-state index in [0.717, 1.165) is 0 Å². The Morgan fingerprint density at radius 2 is 1.89 bits per heavy atom. The number of primary amides is 1. The summed E-state index contributed by atoms with van der Waals surface area (Å²) in [5, 5.41) is 2.89. The Labute approximate surface area is 206 Å². The molecule has 12 heteroatoms. The first-order valence-electron chi connectivity index (χ1n) is 10.4. The van der Waals surface area contributed by atoms with Crippen molar-refractivity contribution < 1.29 is 28.3 Å². The number of nitrogens with zero attached hydrogens (tertiary/aromatic N) is 2. The van der Waals surface area contributed by atoms with Crippen molar-refractivity contribution >= 4 is 40.6 Å². The fourth-order valence-corrected chi connectivity index (χ4v) is 4.09. The molecule has 0 aliphatic heterocycles. The number of anilines is 2. The molecule has 0 radical (unpaired) electrons. The predicted octanol–water partition coefficient (Wildman–Crippen LogP) is 2.74. The third kappa shape index (κ3) is 5.38. The van der Waals surface area contributed by atoms with Gasteiger partial charge in [-0.3, -0.25) is 19.3 Å². The number of nitrogens with one attached hydrogen (secondary N) is 1. The quantitative estimate of drug-likeness (QED) is 0.424. The second kappa shape index (κ2) is 10.1. The highest BCUT2D eigenvalue weighted by Gasteiger charge is 2.40. The van der Waals surface area contributed by atoms with Crippen LogP contribution in [-0.2, 0) is 4.79 Å². The Kier molecular flexibility index (Phi) is 7.34. The van der Waals surface area contributed by atoms with Crippen LogP contribution >= 0.6 is 11.5 Å². The largest absolute Gasteiger partial charge is 0.497 e. The minimum Gasteiger partial charge on any atom is -0.497 e. The highest BCUT2D eigenvalue weighted by atomic mass is 32.1. The van der Waals surface area contributed by atoms with E-state index in [1.807, 2.05) is 20.8 Å². The molecule has 1 aromatic carbocycles. The number of rotatable bonds is 8. The summed E-state index contributed by atoms with van der Waals surface area (Å²) < 4.78 is 20.3. The molecule has 0 saturated carbocycles. The zero-order valence-corrected chi connectivity index (χ0v) is 20.8. The van der Waals surface area contributed by atoms with Crippen LogP contribution in [0.2, 0.25) is 0 Å². The molecule has 3 rings (SSSR count). The molecule has 11 nitrogen and oxygen atoms in total. The predicted molar refractivity (Wildman–Crippen MR) is 131 cm³/mol. The molecule has 5 N–H and O–H groups in total. The number of methoxy groups -OCH3 is 2. The van der Waals surface area contributed by atoms with E-state index in [0.29, 0.717) is 17.3 Å². The van der Waals surface area contributed by atoms with Crippen LogP contribution < -0.4 is 31.2 Å². The summed E-state index contributed by atoms with van der Waals surface area (Å²) in [5.41, 5.74) is 10.6. The molecule has 0 fully saturated rings. The molecule has 0 aliphatic carbocycles. The van der Waals surface area contributed by atoms with Crippen LogP contribution in [0.25, 0.3) is 0 Å². The van der Waals surface area contributed by atoms with E-state index in [9.17, 15) is 14.4 Å². The van der Waals surface area contributed by atoms with Crippen LogP contribution in [-0.4, -0.2) is 41.9 Å². The van der Waals surface area contributed by atoms with E-state index in [1.165, 1.54) is 25.4 Å². The first-order chi connectivity index (χ1) is 16.5. The molecule has 0 spiro atoms. The van der Waals surface area contributed by atoms with E-state index in [1.54, 1.807) is 30.3 Å². The number of carbonyl (C=O) groups excluding carboxylic acids is 3. The molecular weight excluding hydrogens is 474 g/mol. The van der Waals surface area contributed by atoms with Gasteiger partial charge in [-0.05, 0) is 56.6 Å². The second-order valence-electron chi connectivity index (χ2n) is 8.51. The summed E-state index contributed by atoms with van der Waals surface area (Å²) in [7, 11) is 2.91. The van der Waals surface area contributed by atoms with Gasteiger partial charge in [0, 0.05) is 11.6 Å². The maximum absolute atomic E-state index is 14.0. The average molecular weight is 502 g/mol. The van der Waals surface area contributed by atoms with Crippen LogP contribution in [0.1, 0.15) is 52.7 Å². The van der Waals surface area contributed by atoms with E-state index in [2.05, 4.69) is 9.69 Å². The van der Waals surface area contributed by atoms with Gasteiger partial charge < -0.3 is 30.7 Å². The normalized spacial score (nSPS) is 12.0. The van der Waals surface area contributed by atoms with Gasteiger partial charge in [0.05, 0.1) is 31.9 Å². The summed E-state index contributed by atoms with van der Waals surface area (Å²) in [5.74, 6) is -1.19. The van der Waals surface area contributed by atoms with E-state index < -0.39 is 29.3 Å². The fourth-order valence-electron chi connectivity index (χ4n) is 3.35. The maximum atomic E-state index is 14.0. The van der Waals surface area contributed by atoms with Crippen LogP contribution in [0.4, 0.5) is 11.4 Å². The van der Waals surface area contributed by atoms with Crippen LogP contribution in [0.3, 0.4) is 0 Å². The Morgan fingerprint density at radius 1 is 1.17 bits per heavy atom. The van der Waals surface area contributed by atoms with Gasteiger partial charge in [0.1, 0.15) is 22.1 Å². The van der Waals surface area contributed by atoms with Crippen molar-refractivity contribution in [2.24, 2.45) is 5.73 Å². The lowest BCUT2D eigenvalue weighted by molar-refractivity contribution is -0.124. The van der Waals surface area contributed by atoms with Crippen molar-refractivity contribution in [1.29, 1.82) is 0 Å². The summed E-state index contributed by atoms with van der Waals surface area (Å²) in [4.78, 5) is 40.4. The smallest absolute Gasteiger partial charge is 0.273 e. The molecule has 0 unspecified atom stereocenters. The number of hydrogen-bond donors (Lipinski definition) is 3. The van der Waals surface area contributed by atoms with Crippen LogP contribution in [0.5, 0.6) is 11.5 Å². The molecule has 0 bridgehead atoms. The van der Waals surface area contributed by atoms with Gasteiger partial charge in [0.2, 0.25) is 0 Å². The monoisotopic (exact) mass is 501 g/mol. The van der Waals surface area contributed by atoms with Crippen molar-refractivity contribution in [3.05, 3.63) is 52.9 Å². The number of nitrogen functional groups attached to an aromatic ring is 1. The fraction of sp³-hybridized carbons (Fsp3) is 0.304. The Bertz CT molecular complexity index is 1230. The molecule has 3 aromatic rings. The van der Waals surface area contributed by atoms with Gasteiger partial charge in [-0.1, -0.05) is 0 Å². The first-order valence-corrected chi connectivity index (χ1v) is 11.2. The SMILES string of the molecule is COc1ccc(N(C(=O)c2snc(C(N)=O)c2N)[C@@H](C(=O)NC(C)(C)C)c2ccco2)c(OC)c1. The number of hydrogen-bond acceptors (Lipinski definition) is 9. The number of ether oxygens (including phenoxy) is 2. The highest BCUT2D eigenvalue weighted by Crippen LogP contribution is 2.40. The lowest BCUT2D eigenvalue weighted by atomic mass is 10.0. The molecule has 0 aliphatic rings. The van der Waals surface area contributed by atoms with Crippen LogP contribution in [0.15, 0.2) is 41.0 Å². The van der Waals surface area contributed by atoms with Crippen molar-refractivity contribution in [3.8, 4) is 11.5 Å². The van der Waals surface area contributed by atoms with Gasteiger partial charge in [-0.2, -0.15) is 4.37 Å². The van der Waals surface area contributed by atoms with Crippen molar-refractivity contribution in [1.82, 2.24) is 9.69 Å². The average Bonchev–Trinajstić information content (AvgIpc) is 3.45. The van der Waals surface area contributed by atoms with Gasteiger partial charge in [-0.25, -0.2) is 0 Å². The standard InChI is InChI=1S/C23H27N5O6S/c1-23(2,3)26-21(30)18(14-7-6-10-34-14)28(13-9-8-12(32-4)11-15(13)33-5)22(31)19-16(24)17(20(25)29)27-35-19/h6-11,18H,24H2,1-5H3,(H2,25,29)(H,26,30)/t18-/m1/s1. The summed E-state index contributed by atoms with van der Waals surface area (Å²) in [6, 6.07) is 6.67. The van der Waals surface area contributed by atoms with E-state index in [4.69, 9.17) is 25.4 Å². The first kappa shape index (κ1) is 25.6. The van der Waals surface area contributed by atoms with E-state index in [-0.39, 0.29) is 33.5 Å². The Balaban J connectivity index is 2.27. The lowest BCUT2D eigenvalue weighted by Gasteiger charge is -2.33. The number of furan rings is 1. The molecule has 35 heavy (non-hydrogen) atoms. The molecular formula is C23H27N5O6S. The molecule has 1 atom stereocenters. The zero-order chi connectivity index (χ0) is 25.9. The number of amides is 3. The van der Waals surface area contributed by atoms with Crippen molar-refractivity contribution in [3.63, 3.8) is 0 Å².